The molecule has 0 saturated carbocycles. The molecule has 0 spiro atoms. The summed E-state index contributed by atoms with van der Waals surface area (Å²) in [6, 6.07) is 10.4. The van der Waals surface area contributed by atoms with Crippen molar-refractivity contribution in [2.75, 3.05) is 10.0 Å². The SMILES string of the molecule is Cc1cc(C)cc(NS(=O)(=O)c2ccc3c(c2)NC(=O)C[C@H](C)S3)c1. The van der Waals surface area contributed by atoms with Gasteiger partial charge in [-0.05, 0) is 55.3 Å². The molecule has 2 N–H and O–H groups in total. The number of sulfonamides is 1. The molecular weight excluding hydrogens is 356 g/mol. The van der Waals surface area contributed by atoms with Crippen LogP contribution in [-0.4, -0.2) is 19.6 Å². The summed E-state index contributed by atoms with van der Waals surface area (Å²) in [5.74, 6) is -0.101. The van der Waals surface area contributed by atoms with Crippen LogP contribution in [0.3, 0.4) is 0 Å². The Morgan fingerprint density at radius 3 is 2.48 bits per heavy atom. The van der Waals surface area contributed by atoms with Crippen molar-refractivity contribution in [3.63, 3.8) is 0 Å². The van der Waals surface area contributed by atoms with E-state index in [1.165, 1.54) is 6.07 Å². The highest BCUT2D eigenvalue weighted by atomic mass is 32.2. The van der Waals surface area contributed by atoms with Crippen LogP contribution < -0.4 is 10.0 Å². The first-order valence-electron chi connectivity index (χ1n) is 7.94. The van der Waals surface area contributed by atoms with E-state index in [1.807, 2.05) is 26.8 Å². The lowest BCUT2D eigenvalue weighted by Gasteiger charge is -2.12. The highest BCUT2D eigenvalue weighted by Crippen LogP contribution is 2.36. The first-order chi connectivity index (χ1) is 11.7. The fraction of sp³-hybridized carbons (Fsp3) is 0.278. The number of hydrogen-bond donors (Lipinski definition) is 2. The minimum absolute atomic E-state index is 0.101. The predicted octanol–water partition coefficient (Wildman–Crippen LogP) is 3.93. The summed E-state index contributed by atoms with van der Waals surface area (Å²) >= 11 is 1.57. The second kappa shape index (κ2) is 6.72. The molecule has 1 aliphatic heterocycles. The van der Waals surface area contributed by atoms with Crippen molar-refractivity contribution in [1.29, 1.82) is 0 Å². The van der Waals surface area contributed by atoms with Gasteiger partial charge in [-0.1, -0.05) is 13.0 Å². The number of rotatable bonds is 3. The second-order valence-electron chi connectivity index (χ2n) is 6.32. The molecule has 0 aromatic heterocycles. The van der Waals surface area contributed by atoms with Gasteiger partial charge >= 0.3 is 0 Å². The summed E-state index contributed by atoms with van der Waals surface area (Å²) in [6.07, 6.45) is 0.405. The van der Waals surface area contributed by atoms with E-state index in [4.69, 9.17) is 0 Å². The summed E-state index contributed by atoms with van der Waals surface area (Å²) in [4.78, 5) is 12.9. The highest BCUT2D eigenvalue weighted by molar-refractivity contribution is 8.00. The average Bonchev–Trinajstić information content (AvgIpc) is 2.60. The quantitative estimate of drug-likeness (QED) is 0.851. The van der Waals surface area contributed by atoms with Gasteiger partial charge in [0, 0.05) is 22.3 Å². The monoisotopic (exact) mass is 376 g/mol. The Hall–Kier alpha value is -1.99. The second-order valence-corrected chi connectivity index (χ2v) is 9.48. The van der Waals surface area contributed by atoms with Crippen molar-refractivity contribution in [3.05, 3.63) is 47.5 Å². The Morgan fingerprint density at radius 1 is 1.12 bits per heavy atom. The maximum absolute atomic E-state index is 12.7. The molecule has 7 heteroatoms. The van der Waals surface area contributed by atoms with Crippen LogP contribution in [0.4, 0.5) is 11.4 Å². The van der Waals surface area contributed by atoms with E-state index in [0.29, 0.717) is 17.8 Å². The van der Waals surface area contributed by atoms with Gasteiger partial charge in [0.2, 0.25) is 5.91 Å². The Bertz CT molecular complexity index is 919. The highest BCUT2D eigenvalue weighted by Gasteiger charge is 2.22. The molecule has 1 heterocycles. The summed E-state index contributed by atoms with van der Waals surface area (Å²) in [7, 11) is -3.73. The Kier molecular flexibility index (Phi) is 4.79. The lowest BCUT2D eigenvalue weighted by Crippen LogP contribution is -2.15. The molecule has 0 radical (unpaired) electrons. The molecular formula is C18H20N2O3S2. The summed E-state index contributed by atoms with van der Waals surface area (Å²) in [5.41, 5.74) is 3.04. The standard InChI is InChI=1S/C18H20N2O3S2/c1-11-6-12(2)8-14(7-11)20-25(22,23)15-4-5-17-16(10-15)19-18(21)9-13(3)24-17/h4-8,10,13,20H,9H2,1-3H3,(H,19,21)/t13-/m0/s1. The maximum Gasteiger partial charge on any atom is 0.261 e. The minimum Gasteiger partial charge on any atom is -0.325 e. The van der Waals surface area contributed by atoms with Gasteiger partial charge in [0.25, 0.3) is 10.0 Å². The lowest BCUT2D eigenvalue weighted by molar-refractivity contribution is -0.116. The van der Waals surface area contributed by atoms with Crippen LogP contribution in [0.1, 0.15) is 24.5 Å². The van der Waals surface area contributed by atoms with Gasteiger partial charge in [-0.15, -0.1) is 11.8 Å². The van der Waals surface area contributed by atoms with Crippen molar-refractivity contribution in [1.82, 2.24) is 0 Å². The van der Waals surface area contributed by atoms with Crippen LogP contribution in [0.2, 0.25) is 0 Å². The van der Waals surface area contributed by atoms with Crippen LogP contribution in [0.25, 0.3) is 0 Å². The summed E-state index contributed by atoms with van der Waals surface area (Å²) < 4.78 is 28.0. The topological polar surface area (TPSA) is 75.3 Å². The minimum atomic E-state index is -3.73. The van der Waals surface area contributed by atoms with E-state index < -0.39 is 10.0 Å². The predicted molar refractivity (Wildman–Crippen MR) is 102 cm³/mol. The Labute approximate surface area is 152 Å². The van der Waals surface area contributed by atoms with Crippen LogP contribution in [0, 0.1) is 13.8 Å². The van der Waals surface area contributed by atoms with Crippen molar-refractivity contribution < 1.29 is 13.2 Å². The first kappa shape index (κ1) is 17.8. The van der Waals surface area contributed by atoms with E-state index >= 15 is 0 Å². The number of anilines is 2. The van der Waals surface area contributed by atoms with Crippen molar-refractivity contribution in [3.8, 4) is 0 Å². The van der Waals surface area contributed by atoms with Crippen LogP contribution in [0.5, 0.6) is 0 Å². The summed E-state index contributed by atoms with van der Waals surface area (Å²) in [6.45, 7) is 5.81. The normalized spacial score (nSPS) is 17.4. The molecule has 0 fully saturated rings. The molecule has 132 valence electrons. The molecule has 25 heavy (non-hydrogen) atoms. The molecule has 2 aromatic carbocycles. The Balaban J connectivity index is 1.94. The van der Waals surface area contributed by atoms with Gasteiger partial charge in [-0.2, -0.15) is 0 Å². The van der Waals surface area contributed by atoms with E-state index in [1.54, 1.807) is 36.0 Å². The van der Waals surface area contributed by atoms with Crippen LogP contribution in [0.15, 0.2) is 46.2 Å². The number of carbonyl (C=O) groups excluding carboxylic acids is 1. The lowest BCUT2D eigenvalue weighted by atomic mass is 10.1. The first-order valence-corrected chi connectivity index (χ1v) is 10.3. The van der Waals surface area contributed by atoms with Gasteiger partial charge in [0.15, 0.2) is 0 Å². The zero-order chi connectivity index (χ0) is 18.2. The van der Waals surface area contributed by atoms with Crippen LogP contribution in [-0.2, 0) is 14.8 Å². The fourth-order valence-corrected chi connectivity index (χ4v) is 4.96. The average molecular weight is 377 g/mol. The number of nitrogens with one attached hydrogen (secondary N) is 2. The number of fused-ring (bicyclic) bond motifs is 1. The number of thioether (sulfide) groups is 1. The summed E-state index contributed by atoms with van der Waals surface area (Å²) in [5, 5.41) is 2.95. The zero-order valence-electron chi connectivity index (χ0n) is 14.3. The van der Waals surface area contributed by atoms with E-state index in [2.05, 4.69) is 10.0 Å². The molecule has 0 bridgehead atoms. The molecule has 1 atom stereocenters. The number of carbonyl (C=O) groups is 1. The molecule has 5 nitrogen and oxygen atoms in total. The Morgan fingerprint density at radius 2 is 1.80 bits per heavy atom. The number of hydrogen-bond acceptors (Lipinski definition) is 4. The van der Waals surface area contributed by atoms with Gasteiger partial charge < -0.3 is 5.32 Å². The number of aryl methyl sites for hydroxylation is 2. The van der Waals surface area contributed by atoms with Gasteiger partial charge in [0.05, 0.1) is 10.6 Å². The molecule has 0 saturated heterocycles. The third-order valence-corrected chi connectivity index (χ3v) is 6.37. The molecule has 3 rings (SSSR count). The van der Waals surface area contributed by atoms with E-state index in [9.17, 15) is 13.2 Å². The maximum atomic E-state index is 12.7. The fourth-order valence-electron chi connectivity index (χ4n) is 2.85. The van der Waals surface area contributed by atoms with Crippen molar-refractivity contribution in [2.45, 2.75) is 42.2 Å². The van der Waals surface area contributed by atoms with Crippen molar-refractivity contribution >= 4 is 39.1 Å². The van der Waals surface area contributed by atoms with E-state index in [-0.39, 0.29) is 16.1 Å². The third-order valence-electron chi connectivity index (χ3n) is 3.81. The van der Waals surface area contributed by atoms with E-state index in [0.717, 1.165) is 16.0 Å². The third kappa shape index (κ3) is 4.16. The van der Waals surface area contributed by atoms with Gasteiger partial charge in [0.1, 0.15) is 0 Å². The molecule has 0 unspecified atom stereocenters. The van der Waals surface area contributed by atoms with Gasteiger partial charge in [-0.25, -0.2) is 8.42 Å². The molecule has 1 aliphatic rings. The zero-order valence-corrected chi connectivity index (χ0v) is 15.9. The molecule has 1 amide bonds. The number of amides is 1. The molecule has 0 aliphatic carbocycles. The largest absolute Gasteiger partial charge is 0.325 e. The van der Waals surface area contributed by atoms with Crippen LogP contribution >= 0.6 is 11.8 Å². The number of benzene rings is 2. The molecule has 2 aromatic rings. The van der Waals surface area contributed by atoms with Crippen molar-refractivity contribution in [2.24, 2.45) is 0 Å². The smallest absolute Gasteiger partial charge is 0.261 e. The van der Waals surface area contributed by atoms with Gasteiger partial charge in [-0.3, -0.25) is 9.52 Å².